The molecule has 0 radical (unpaired) electrons. The number of esters is 2. The fourth-order valence-corrected chi connectivity index (χ4v) is 5.06. The Hall–Kier alpha value is -4.50. The summed E-state index contributed by atoms with van der Waals surface area (Å²) in [6.45, 7) is 3.58. The molecule has 3 aromatic rings. The molecule has 1 amide bonds. The van der Waals surface area contributed by atoms with Crippen molar-refractivity contribution in [2.24, 2.45) is 5.73 Å². The van der Waals surface area contributed by atoms with Crippen LogP contribution in [0.1, 0.15) is 48.8 Å². The fraction of sp³-hybridized carbons (Fsp3) is 0.370. The molecule has 0 bridgehead atoms. The SMILES string of the molecule is CCc1ccc(OC(=O)NCCN)c2cc3c(nc12)-c1cc2c(c(=O)n1C3)C(OC(=O)C(F)(F)F)OC(=O)[C@]2(O)CC. The summed E-state index contributed by atoms with van der Waals surface area (Å²) in [6.07, 6.45) is -8.26. The molecule has 12 nitrogen and oxygen atoms in total. The van der Waals surface area contributed by atoms with Crippen molar-refractivity contribution >= 4 is 28.9 Å². The van der Waals surface area contributed by atoms with Crippen LogP contribution in [0.2, 0.25) is 0 Å². The van der Waals surface area contributed by atoms with Crippen LogP contribution in [-0.2, 0) is 37.6 Å². The molecule has 0 aliphatic carbocycles. The number of hydrogen-bond acceptors (Lipinski definition) is 10. The zero-order valence-corrected chi connectivity index (χ0v) is 22.3. The Morgan fingerprint density at radius 2 is 2.00 bits per heavy atom. The van der Waals surface area contributed by atoms with Gasteiger partial charge in [0.15, 0.2) is 5.60 Å². The van der Waals surface area contributed by atoms with E-state index in [2.05, 4.69) is 10.1 Å². The number of nitrogens with zero attached hydrogens (tertiary/aromatic N) is 2. The Kier molecular flexibility index (Phi) is 7.18. The largest absolute Gasteiger partial charge is 0.491 e. The van der Waals surface area contributed by atoms with Gasteiger partial charge < -0.3 is 34.9 Å². The molecule has 5 rings (SSSR count). The van der Waals surface area contributed by atoms with Crippen molar-refractivity contribution in [3.63, 3.8) is 0 Å². The highest BCUT2D eigenvalue weighted by Gasteiger charge is 2.52. The highest BCUT2D eigenvalue weighted by molar-refractivity contribution is 5.93. The Morgan fingerprint density at radius 3 is 2.64 bits per heavy atom. The van der Waals surface area contributed by atoms with Crippen LogP contribution in [0.15, 0.2) is 29.1 Å². The number of amides is 1. The molecule has 2 atom stereocenters. The number of nitrogens with two attached hydrogens (primary N) is 1. The summed E-state index contributed by atoms with van der Waals surface area (Å²) in [5, 5.41) is 14.1. The predicted molar refractivity (Wildman–Crippen MR) is 138 cm³/mol. The average molecular weight is 591 g/mol. The summed E-state index contributed by atoms with van der Waals surface area (Å²) in [4.78, 5) is 55.1. The van der Waals surface area contributed by atoms with Crippen LogP contribution in [-0.4, -0.2) is 52.0 Å². The first-order valence-corrected chi connectivity index (χ1v) is 12.9. The molecular weight excluding hydrogens is 565 g/mol. The van der Waals surface area contributed by atoms with Gasteiger partial charge in [0.25, 0.3) is 11.8 Å². The number of pyridine rings is 2. The summed E-state index contributed by atoms with van der Waals surface area (Å²) in [5.74, 6) is -3.87. The standard InChI is InChI=1S/C27H25F3N4O8/c1-3-12-5-6-17(40-25(38)32-8-7-31)14-9-13-11-34-16(20(13)33-19(12)14)10-15-18(21(34)35)22(42-24(37)27(28,29)30)41-23(36)26(15,39)4-2/h5-6,9-10,22,39H,3-4,7-8,11,31H2,1-2H3,(H,32,38)/t22?,26-/m0/s1. The first-order chi connectivity index (χ1) is 19.8. The molecule has 0 fully saturated rings. The summed E-state index contributed by atoms with van der Waals surface area (Å²) in [7, 11) is 0. The summed E-state index contributed by atoms with van der Waals surface area (Å²) in [6, 6.07) is 6.27. The number of aromatic nitrogens is 2. The predicted octanol–water partition coefficient (Wildman–Crippen LogP) is 2.29. The quantitative estimate of drug-likeness (QED) is 0.283. The number of carbonyl (C=O) groups is 3. The van der Waals surface area contributed by atoms with Crippen LogP contribution >= 0.6 is 0 Å². The van der Waals surface area contributed by atoms with Gasteiger partial charge >= 0.3 is 24.2 Å². The van der Waals surface area contributed by atoms with Gasteiger partial charge in [0.2, 0.25) is 0 Å². The van der Waals surface area contributed by atoms with Crippen LogP contribution < -0.4 is 21.3 Å². The number of cyclic esters (lactones) is 1. The molecule has 0 saturated carbocycles. The average Bonchev–Trinajstić information content (AvgIpc) is 3.31. The van der Waals surface area contributed by atoms with Gasteiger partial charge in [-0.25, -0.2) is 19.4 Å². The van der Waals surface area contributed by atoms with Gasteiger partial charge in [0, 0.05) is 29.6 Å². The number of rotatable bonds is 6. The lowest BCUT2D eigenvalue weighted by atomic mass is 9.85. The van der Waals surface area contributed by atoms with E-state index < -0.39 is 47.2 Å². The lowest BCUT2D eigenvalue weighted by Gasteiger charge is -2.35. The van der Waals surface area contributed by atoms with E-state index in [0.717, 1.165) is 5.56 Å². The topological polar surface area (TPSA) is 172 Å². The minimum atomic E-state index is -5.43. The van der Waals surface area contributed by atoms with Crippen molar-refractivity contribution in [3.05, 3.63) is 56.9 Å². The van der Waals surface area contributed by atoms with Crippen molar-refractivity contribution in [2.75, 3.05) is 13.1 Å². The van der Waals surface area contributed by atoms with Crippen LogP contribution in [0.5, 0.6) is 5.75 Å². The van der Waals surface area contributed by atoms with Gasteiger partial charge in [-0.15, -0.1) is 0 Å². The zero-order chi connectivity index (χ0) is 30.6. The van der Waals surface area contributed by atoms with E-state index in [9.17, 15) is 37.5 Å². The van der Waals surface area contributed by atoms with Crippen molar-refractivity contribution in [3.8, 4) is 17.1 Å². The normalized spacial score (nSPS) is 19.0. The van der Waals surface area contributed by atoms with Crippen molar-refractivity contribution < 1.29 is 46.9 Å². The summed E-state index contributed by atoms with van der Waals surface area (Å²) < 4.78 is 54.8. The molecule has 15 heteroatoms. The second kappa shape index (κ2) is 10.4. The van der Waals surface area contributed by atoms with Crippen molar-refractivity contribution in [1.82, 2.24) is 14.9 Å². The Balaban J connectivity index is 1.68. The van der Waals surface area contributed by atoms with Gasteiger partial charge in [-0.2, -0.15) is 13.2 Å². The number of aryl methyl sites for hydroxylation is 1. The lowest BCUT2D eigenvalue weighted by Crippen LogP contribution is -2.47. The minimum absolute atomic E-state index is 0.118. The number of alkyl halides is 3. The van der Waals surface area contributed by atoms with Crippen molar-refractivity contribution in [1.29, 1.82) is 0 Å². The van der Waals surface area contributed by atoms with Crippen LogP contribution in [0.25, 0.3) is 22.3 Å². The van der Waals surface area contributed by atoms with E-state index in [1.54, 1.807) is 18.2 Å². The zero-order valence-electron chi connectivity index (χ0n) is 22.3. The molecule has 4 heterocycles. The van der Waals surface area contributed by atoms with Gasteiger partial charge in [0.05, 0.1) is 23.4 Å². The maximum absolute atomic E-state index is 13.7. The second-order valence-corrected chi connectivity index (χ2v) is 9.68. The number of benzene rings is 1. The molecular formula is C27H25F3N4O8. The summed E-state index contributed by atoms with van der Waals surface area (Å²) in [5.41, 5.74) is 3.31. The Bertz CT molecular complexity index is 1700. The fourth-order valence-electron chi connectivity index (χ4n) is 5.06. The molecule has 2 aromatic heterocycles. The van der Waals surface area contributed by atoms with Crippen LogP contribution in [0.3, 0.4) is 0 Å². The van der Waals surface area contributed by atoms with Crippen LogP contribution in [0, 0.1) is 0 Å². The van der Waals surface area contributed by atoms with Crippen LogP contribution in [0.4, 0.5) is 18.0 Å². The van der Waals surface area contributed by atoms with E-state index in [4.69, 9.17) is 20.2 Å². The minimum Gasteiger partial charge on any atom is -0.418 e. The molecule has 0 spiro atoms. The molecule has 2 aliphatic rings. The number of halogens is 3. The van der Waals surface area contributed by atoms with E-state index in [1.807, 2.05) is 6.92 Å². The smallest absolute Gasteiger partial charge is 0.418 e. The number of aliphatic hydroxyl groups is 1. The number of ether oxygens (including phenoxy) is 3. The van der Waals surface area contributed by atoms with Gasteiger partial charge in [-0.1, -0.05) is 19.9 Å². The molecule has 1 aromatic carbocycles. The molecule has 222 valence electrons. The maximum atomic E-state index is 13.7. The van der Waals surface area contributed by atoms with E-state index in [1.165, 1.54) is 17.6 Å². The van der Waals surface area contributed by atoms with E-state index in [0.29, 0.717) is 28.6 Å². The number of nitrogens with one attached hydrogen (secondary N) is 1. The maximum Gasteiger partial charge on any atom is 0.491 e. The number of carbonyl (C=O) groups excluding carboxylic acids is 3. The number of fused-ring (bicyclic) bond motifs is 5. The Labute approximate surface area is 235 Å². The van der Waals surface area contributed by atoms with Gasteiger partial charge in [-0.05, 0) is 36.6 Å². The third-order valence-corrected chi connectivity index (χ3v) is 7.20. The molecule has 2 aliphatic heterocycles. The van der Waals surface area contributed by atoms with Gasteiger partial charge in [-0.3, -0.25) is 4.79 Å². The van der Waals surface area contributed by atoms with E-state index >= 15 is 0 Å². The third-order valence-electron chi connectivity index (χ3n) is 7.20. The third kappa shape index (κ3) is 4.63. The second-order valence-electron chi connectivity index (χ2n) is 9.68. The Morgan fingerprint density at radius 1 is 1.26 bits per heavy atom. The molecule has 42 heavy (non-hydrogen) atoms. The first kappa shape index (κ1) is 29.0. The van der Waals surface area contributed by atoms with Crippen molar-refractivity contribution in [2.45, 2.75) is 51.3 Å². The molecule has 0 saturated heterocycles. The highest BCUT2D eigenvalue weighted by Crippen LogP contribution is 2.43. The van der Waals surface area contributed by atoms with Gasteiger partial charge in [0.1, 0.15) is 11.3 Å². The van der Waals surface area contributed by atoms with E-state index in [-0.39, 0.29) is 43.1 Å². The molecule has 1 unspecified atom stereocenters. The lowest BCUT2D eigenvalue weighted by molar-refractivity contribution is -0.236. The highest BCUT2D eigenvalue weighted by atomic mass is 19.4. The molecule has 4 N–H and O–H groups in total. The number of hydrogen-bond donors (Lipinski definition) is 3. The first-order valence-electron chi connectivity index (χ1n) is 12.9. The summed E-state index contributed by atoms with van der Waals surface area (Å²) >= 11 is 0. The monoisotopic (exact) mass is 590 g/mol.